The smallest absolute Gasteiger partial charge is 0.338 e. The third-order valence-electron chi connectivity index (χ3n) is 1.94. The Hall–Kier alpha value is -2.09. The number of hydrogen-bond donors (Lipinski definition) is 3. The molecule has 0 unspecified atom stereocenters. The topological polar surface area (TPSA) is 104 Å². The molecule has 1 amide bonds. The minimum atomic E-state index is -1.44. The van der Waals surface area contributed by atoms with E-state index >= 15 is 0 Å². The van der Waals surface area contributed by atoms with E-state index in [1.165, 1.54) is 6.07 Å². The van der Waals surface area contributed by atoms with Crippen molar-refractivity contribution in [3.05, 3.63) is 29.6 Å². The van der Waals surface area contributed by atoms with Gasteiger partial charge in [0.25, 0.3) is 0 Å². The first kappa shape index (κ1) is 15.0. The number of hydrogen-bond acceptors (Lipinski definition) is 4. The summed E-state index contributed by atoms with van der Waals surface area (Å²) in [4.78, 5) is 32.3. The lowest BCUT2D eigenvalue weighted by Crippen LogP contribution is -2.16. The summed E-state index contributed by atoms with van der Waals surface area (Å²) in [5, 5.41) is 19.4. The van der Waals surface area contributed by atoms with Gasteiger partial charge in [0.1, 0.15) is 5.82 Å². The number of anilines is 1. The molecule has 1 aromatic rings. The van der Waals surface area contributed by atoms with Crippen molar-refractivity contribution in [1.82, 2.24) is 0 Å². The molecule has 0 radical (unpaired) electrons. The highest BCUT2D eigenvalue weighted by Crippen LogP contribution is 2.15. The standard InChI is InChI=1S/C11H10FNO5S/c12-8-2-1-6(3-7(8)11(17)18)13-9(14)4-19-5-10(15)16/h1-3H,4-5H2,(H,13,14)(H,15,16)(H,17,18). The number of rotatable bonds is 6. The summed E-state index contributed by atoms with van der Waals surface area (Å²) in [5.74, 6) is -4.16. The van der Waals surface area contributed by atoms with Gasteiger partial charge in [-0.2, -0.15) is 0 Å². The Morgan fingerprint density at radius 1 is 1.21 bits per heavy atom. The van der Waals surface area contributed by atoms with E-state index in [2.05, 4.69) is 5.32 Å². The fourth-order valence-electron chi connectivity index (χ4n) is 1.20. The van der Waals surface area contributed by atoms with Crippen LogP contribution in [0.1, 0.15) is 10.4 Å². The second-order valence-corrected chi connectivity index (χ2v) is 4.42. The lowest BCUT2D eigenvalue weighted by molar-refractivity contribution is -0.133. The molecule has 6 nitrogen and oxygen atoms in total. The molecule has 0 aromatic heterocycles. The first-order valence-electron chi connectivity index (χ1n) is 5.02. The largest absolute Gasteiger partial charge is 0.481 e. The lowest BCUT2D eigenvalue weighted by Gasteiger charge is -2.06. The van der Waals surface area contributed by atoms with Crippen LogP contribution < -0.4 is 5.32 Å². The van der Waals surface area contributed by atoms with Crippen LogP contribution >= 0.6 is 11.8 Å². The number of benzene rings is 1. The number of carbonyl (C=O) groups excluding carboxylic acids is 1. The number of halogens is 1. The summed E-state index contributed by atoms with van der Waals surface area (Å²) < 4.78 is 13.1. The van der Waals surface area contributed by atoms with E-state index in [1.807, 2.05) is 0 Å². The van der Waals surface area contributed by atoms with Crippen LogP contribution in [0.4, 0.5) is 10.1 Å². The first-order chi connectivity index (χ1) is 8.90. The van der Waals surface area contributed by atoms with Gasteiger partial charge in [-0.05, 0) is 18.2 Å². The Morgan fingerprint density at radius 3 is 2.47 bits per heavy atom. The molecule has 0 aliphatic heterocycles. The monoisotopic (exact) mass is 287 g/mol. The van der Waals surface area contributed by atoms with Crippen molar-refractivity contribution < 1.29 is 29.0 Å². The van der Waals surface area contributed by atoms with Gasteiger partial charge in [0.15, 0.2) is 0 Å². The van der Waals surface area contributed by atoms with Crippen LogP contribution in [0.2, 0.25) is 0 Å². The number of aliphatic carboxylic acids is 1. The van der Waals surface area contributed by atoms with Crippen molar-refractivity contribution in [2.75, 3.05) is 16.8 Å². The van der Waals surface area contributed by atoms with Crippen LogP contribution in [-0.2, 0) is 9.59 Å². The summed E-state index contributed by atoms with van der Waals surface area (Å²) in [6.45, 7) is 0. The molecule has 0 heterocycles. The van der Waals surface area contributed by atoms with Gasteiger partial charge in [0, 0.05) is 5.69 Å². The zero-order valence-corrected chi connectivity index (χ0v) is 10.4. The fraction of sp³-hybridized carbons (Fsp3) is 0.182. The predicted molar refractivity (Wildman–Crippen MR) is 66.9 cm³/mol. The minimum absolute atomic E-state index is 0.0912. The van der Waals surface area contributed by atoms with Crippen LogP contribution in [0, 0.1) is 5.82 Å². The molecular formula is C11H10FNO5S. The summed E-state index contributed by atoms with van der Waals surface area (Å²) in [6.07, 6.45) is 0. The van der Waals surface area contributed by atoms with Crippen LogP contribution in [0.15, 0.2) is 18.2 Å². The average Bonchev–Trinajstić information content (AvgIpc) is 2.30. The molecule has 0 saturated heterocycles. The number of nitrogens with one attached hydrogen (secondary N) is 1. The second kappa shape index (κ2) is 6.74. The Labute approximate surface area is 111 Å². The third-order valence-corrected chi connectivity index (χ3v) is 2.86. The van der Waals surface area contributed by atoms with Crippen molar-refractivity contribution in [2.45, 2.75) is 0 Å². The average molecular weight is 287 g/mol. The van der Waals surface area contributed by atoms with Crippen molar-refractivity contribution in [2.24, 2.45) is 0 Å². The molecule has 0 aliphatic rings. The van der Waals surface area contributed by atoms with Gasteiger partial charge < -0.3 is 15.5 Å². The van der Waals surface area contributed by atoms with E-state index in [1.54, 1.807) is 0 Å². The lowest BCUT2D eigenvalue weighted by atomic mass is 10.2. The molecule has 3 N–H and O–H groups in total. The molecule has 0 atom stereocenters. The van der Waals surface area contributed by atoms with Gasteiger partial charge in [-0.25, -0.2) is 9.18 Å². The van der Waals surface area contributed by atoms with Gasteiger partial charge in [-0.15, -0.1) is 11.8 Å². The van der Waals surface area contributed by atoms with Crippen LogP contribution in [-0.4, -0.2) is 39.6 Å². The maximum Gasteiger partial charge on any atom is 0.338 e. The van der Waals surface area contributed by atoms with Crippen molar-refractivity contribution in [1.29, 1.82) is 0 Å². The second-order valence-electron chi connectivity index (χ2n) is 3.43. The Balaban J connectivity index is 2.62. The predicted octanol–water partition coefficient (Wildman–Crippen LogP) is 1.28. The quantitative estimate of drug-likeness (QED) is 0.728. The minimum Gasteiger partial charge on any atom is -0.481 e. The zero-order valence-electron chi connectivity index (χ0n) is 9.55. The Morgan fingerprint density at radius 2 is 1.89 bits per heavy atom. The molecule has 0 bridgehead atoms. The molecule has 0 fully saturated rings. The van der Waals surface area contributed by atoms with Crippen molar-refractivity contribution in [3.8, 4) is 0 Å². The van der Waals surface area contributed by atoms with E-state index in [4.69, 9.17) is 10.2 Å². The van der Waals surface area contributed by atoms with E-state index in [0.29, 0.717) is 0 Å². The van der Waals surface area contributed by atoms with Crippen LogP contribution in [0.3, 0.4) is 0 Å². The maximum absolute atomic E-state index is 13.1. The molecule has 0 spiro atoms. The Kier molecular flexibility index (Phi) is 5.31. The summed E-state index contributed by atoms with van der Waals surface area (Å²) in [6, 6.07) is 3.16. The van der Waals surface area contributed by atoms with E-state index in [0.717, 1.165) is 23.9 Å². The van der Waals surface area contributed by atoms with Crippen molar-refractivity contribution >= 4 is 35.3 Å². The third kappa shape index (κ3) is 4.96. The van der Waals surface area contributed by atoms with Gasteiger partial charge in [0.2, 0.25) is 5.91 Å². The summed E-state index contributed by atoms with van der Waals surface area (Å²) >= 11 is 0.900. The van der Waals surface area contributed by atoms with Crippen molar-refractivity contribution in [3.63, 3.8) is 0 Å². The highest BCUT2D eigenvalue weighted by atomic mass is 32.2. The molecule has 0 aliphatic carbocycles. The molecule has 102 valence electrons. The van der Waals surface area contributed by atoms with Gasteiger partial charge in [0.05, 0.1) is 17.1 Å². The highest BCUT2D eigenvalue weighted by Gasteiger charge is 2.12. The van der Waals surface area contributed by atoms with Crippen LogP contribution in [0.25, 0.3) is 0 Å². The van der Waals surface area contributed by atoms with Gasteiger partial charge in [-0.1, -0.05) is 0 Å². The first-order valence-corrected chi connectivity index (χ1v) is 6.18. The zero-order chi connectivity index (χ0) is 14.4. The SMILES string of the molecule is O=C(O)CSCC(=O)Nc1ccc(F)c(C(=O)O)c1. The van der Waals surface area contributed by atoms with Crippen LogP contribution in [0.5, 0.6) is 0 Å². The van der Waals surface area contributed by atoms with E-state index in [9.17, 15) is 18.8 Å². The van der Waals surface area contributed by atoms with Gasteiger partial charge in [-0.3, -0.25) is 9.59 Å². The number of carbonyl (C=O) groups is 3. The summed E-state index contributed by atoms with van der Waals surface area (Å²) in [7, 11) is 0. The van der Waals surface area contributed by atoms with E-state index < -0.39 is 29.2 Å². The molecule has 0 saturated carbocycles. The molecule has 1 rings (SSSR count). The van der Waals surface area contributed by atoms with E-state index in [-0.39, 0.29) is 17.2 Å². The molecule has 19 heavy (non-hydrogen) atoms. The van der Waals surface area contributed by atoms with Gasteiger partial charge >= 0.3 is 11.9 Å². The molecule has 1 aromatic carbocycles. The number of thioether (sulfide) groups is 1. The number of amides is 1. The fourth-order valence-corrected chi connectivity index (χ4v) is 1.73. The Bertz CT molecular complexity index is 520. The maximum atomic E-state index is 13.1. The summed E-state index contributed by atoms with van der Waals surface area (Å²) in [5.41, 5.74) is -0.407. The highest BCUT2D eigenvalue weighted by molar-refractivity contribution is 8.00. The molecule has 8 heteroatoms. The number of aromatic carboxylic acids is 1. The number of carboxylic acids is 2. The normalized spacial score (nSPS) is 9.95. The number of carboxylic acid groups (broad SMARTS) is 2. The molecular weight excluding hydrogens is 277 g/mol.